The summed E-state index contributed by atoms with van der Waals surface area (Å²) in [6, 6.07) is 19.5. The Hall–Kier alpha value is -1.83. The van der Waals surface area contributed by atoms with E-state index in [-0.39, 0.29) is 6.61 Å². The maximum Gasteiger partial charge on any atom is 0.190 e. The zero-order valence-corrected chi connectivity index (χ0v) is 17.6. The van der Waals surface area contributed by atoms with Crippen LogP contribution in [0.15, 0.2) is 60.7 Å². The Labute approximate surface area is 177 Å². The van der Waals surface area contributed by atoms with E-state index in [0.29, 0.717) is 13.2 Å². The van der Waals surface area contributed by atoms with Gasteiger partial charge in [-0.1, -0.05) is 60.7 Å². The first-order valence-corrected chi connectivity index (χ1v) is 10.3. The Kier molecular flexibility index (Phi) is 6.23. The number of benzene rings is 2. The van der Waals surface area contributed by atoms with Crippen molar-refractivity contribution >= 4 is 0 Å². The van der Waals surface area contributed by atoms with Crippen molar-refractivity contribution in [3.8, 4) is 0 Å². The van der Waals surface area contributed by atoms with Gasteiger partial charge in [0.15, 0.2) is 17.7 Å². The molecule has 2 heterocycles. The second kappa shape index (κ2) is 8.73. The third-order valence-corrected chi connectivity index (χ3v) is 5.59. The summed E-state index contributed by atoms with van der Waals surface area (Å²) in [7, 11) is 0. The van der Waals surface area contributed by atoms with Gasteiger partial charge >= 0.3 is 0 Å². The van der Waals surface area contributed by atoms with E-state index in [1.807, 2.05) is 74.5 Å². The third-order valence-electron chi connectivity index (χ3n) is 5.59. The number of hydrogen-bond acceptors (Lipinski definition) is 5. The third kappa shape index (κ3) is 4.43. The minimum atomic E-state index is -1.35. The summed E-state index contributed by atoms with van der Waals surface area (Å²) in [5, 5.41) is 0. The first-order chi connectivity index (χ1) is 14.4. The van der Waals surface area contributed by atoms with E-state index in [9.17, 15) is 0 Å². The summed E-state index contributed by atoms with van der Waals surface area (Å²) in [5.74, 6) is -0.819. The van der Waals surface area contributed by atoms with Crippen LogP contribution in [-0.4, -0.2) is 42.7 Å². The van der Waals surface area contributed by atoms with Crippen LogP contribution < -0.4 is 0 Å². The zero-order valence-electron chi connectivity index (χ0n) is 17.6. The van der Waals surface area contributed by atoms with Crippen LogP contribution >= 0.6 is 0 Å². The largest absolute Gasteiger partial charge is 0.374 e. The fourth-order valence-corrected chi connectivity index (χ4v) is 4.06. The van der Waals surface area contributed by atoms with Gasteiger partial charge in [0.1, 0.15) is 18.4 Å². The fourth-order valence-electron chi connectivity index (χ4n) is 4.06. The van der Waals surface area contributed by atoms with Crippen molar-refractivity contribution in [2.24, 2.45) is 0 Å². The molecule has 2 aromatic carbocycles. The lowest BCUT2D eigenvalue weighted by Gasteiger charge is -2.37. The lowest BCUT2D eigenvalue weighted by Crippen LogP contribution is -2.55. The average Bonchev–Trinajstić information content (AvgIpc) is 3.17. The maximum atomic E-state index is 15.1. The Balaban J connectivity index is 1.53. The summed E-state index contributed by atoms with van der Waals surface area (Å²) in [4.78, 5) is 0. The minimum Gasteiger partial charge on any atom is -0.374 e. The van der Waals surface area contributed by atoms with Gasteiger partial charge in [-0.15, -0.1) is 0 Å². The summed E-state index contributed by atoms with van der Waals surface area (Å²) in [6.07, 6.45) is -3.28. The van der Waals surface area contributed by atoms with Crippen LogP contribution in [0.1, 0.15) is 31.9 Å². The molecule has 5 atom stereocenters. The lowest BCUT2D eigenvalue weighted by atomic mass is 9.91. The van der Waals surface area contributed by atoms with Crippen molar-refractivity contribution < 1.29 is 28.1 Å². The highest BCUT2D eigenvalue weighted by Gasteiger charge is 2.65. The van der Waals surface area contributed by atoms with Gasteiger partial charge in [-0.2, -0.15) is 0 Å². The number of fused-ring (bicyclic) bond motifs is 1. The van der Waals surface area contributed by atoms with Crippen LogP contribution in [0.25, 0.3) is 0 Å². The van der Waals surface area contributed by atoms with Crippen molar-refractivity contribution in [2.75, 3.05) is 6.61 Å². The monoisotopic (exact) mass is 416 g/mol. The Morgan fingerprint density at radius 2 is 1.50 bits per heavy atom. The van der Waals surface area contributed by atoms with E-state index in [2.05, 4.69) is 0 Å². The second-order valence-corrected chi connectivity index (χ2v) is 8.35. The summed E-state index contributed by atoms with van der Waals surface area (Å²) >= 11 is 0. The molecule has 0 spiro atoms. The highest BCUT2D eigenvalue weighted by molar-refractivity contribution is 5.15. The van der Waals surface area contributed by atoms with E-state index in [0.717, 1.165) is 11.1 Å². The van der Waals surface area contributed by atoms with Gasteiger partial charge in [0.2, 0.25) is 0 Å². The second-order valence-electron chi connectivity index (χ2n) is 8.35. The molecule has 2 saturated heterocycles. The predicted molar refractivity (Wildman–Crippen MR) is 109 cm³/mol. The Bertz CT molecular complexity index is 813. The molecule has 30 heavy (non-hydrogen) atoms. The zero-order chi connectivity index (χ0) is 21.2. The molecule has 0 saturated carbocycles. The standard InChI is InChI=1S/C24H29FO5/c1-17(25)24(16-26-14-18-10-6-4-7-11-18)21(27-15-19-12-8-5-9-13-19)20-22(30-24)29-23(2,3)28-20/h4-13,17,20-22H,14-16H2,1-3H3/t17?,20-,21+,22+,24+/m1/s1. The molecule has 5 nitrogen and oxygen atoms in total. The van der Waals surface area contributed by atoms with Gasteiger partial charge in [0.25, 0.3) is 0 Å². The van der Waals surface area contributed by atoms with Gasteiger partial charge in [-0.25, -0.2) is 4.39 Å². The molecule has 0 aromatic heterocycles. The first-order valence-electron chi connectivity index (χ1n) is 10.3. The number of hydrogen-bond donors (Lipinski definition) is 0. The lowest BCUT2D eigenvalue weighted by molar-refractivity contribution is -0.267. The van der Waals surface area contributed by atoms with Gasteiger partial charge in [-0.3, -0.25) is 0 Å². The molecule has 162 valence electrons. The molecule has 2 fully saturated rings. The van der Waals surface area contributed by atoms with Crippen molar-refractivity contribution in [2.45, 2.75) is 70.0 Å². The van der Waals surface area contributed by atoms with Crippen LogP contribution in [-0.2, 0) is 36.9 Å². The van der Waals surface area contributed by atoms with Gasteiger partial charge in [0.05, 0.1) is 19.8 Å². The highest BCUT2D eigenvalue weighted by atomic mass is 19.1. The van der Waals surface area contributed by atoms with Crippen LogP contribution in [0.4, 0.5) is 4.39 Å². The van der Waals surface area contributed by atoms with E-state index in [1.165, 1.54) is 6.92 Å². The van der Waals surface area contributed by atoms with Crippen molar-refractivity contribution in [1.82, 2.24) is 0 Å². The summed E-state index contributed by atoms with van der Waals surface area (Å²) in [6.45, 7) is 5.79. The van der Waals surface area contributed by atoms with Gasteiger partial charge in [-0.05, 0) is 31.9 Å². The van der Waals surface area contributed by atoms with E-state index < -0.39 is 36.1 Å². The van der Waals surface area contributed by atoms with E-state index in [1.54, 1.807) is 0 Å². The molecular formula is C24H29FO5. The van der Waals surface area contributed by atoms with Gasteiger partial charge < -0.3 is 23.7 Å². The molecule has 0 radical (unpaired) electrons. The van der Waals surface area contributed by atoms with Crippen LogP contribution in [0.3, 0.4) is 0 Å². The Morgan fingerprint density at radius 1 is 0.900 bits per heavy atom. The highest BCUT2D eigenvalue weighted by Crippen LogP contribution is 2.46. The maximum absolute atomic E-state index is 15.1. The molecule has 0 N–H and O–H groups in total. The van der Waals surface area contributed by atoms with Crippen molar-refractivity contribution in [1.29, 1.82) is 0 Å². The fraction of sp³-hybridized carbons (Fsp3) is 0.500. The van der Waals surface area contributed by atoms with E-state index in [4.69, 9.17) is 23.7 Å². The molecule has 0 aliphatic carbocycles. The molecular weight excluding hydrogens is 387 g/mol. The number of halogens is 1. The van der Waals surface area contributed by atoms with Crippen LogP contribution in [0, 0.1) is 0 Å². The quantitative estimate of drug-likeness (QED) is 0.639. The summed E-state index contributed by atoms with van der Waals surface area (Å²) in [5.41, 5.74) is 0.674. The molecule has 2 aromatic rings. The number of ether oxygens (including phenoxy) is 5. The van der Waals surface area contributed by atoms with Crippen molar-refractivity contribution in [3.05, 3.63) is 71.8 Å². The summed E-state index contributed by atoms with van der Waals surface area (Å²) < 4.78 is 45.3. The molecule has 2 aliphatic heterocycles. The predicted octanol–water partition coefficient (Wildman–Crippen LogP) is 4.39. The topological polar surface area (TPSA) is 46.2 Å². The molecule has 0 amide bonds. The number of rotatable bonds is 8. The smallest absolute Gasteiger partial charge is 0.190 e. The van der Waals surface area contributed by atoms with Crippen LogP contribution in [0.2, 0.25) is 0 Å². The molecule has 2 aliphatic rings. The molecule has 0 bridgehead atoms. The normalized spacial score (nSPS) is 30.9. The average molecular weight is 416 g/mol. The minimum absolute atomic E-state index is 0.0270. The number of alkyl halides is 1. The molecule has 1 unspecified atom stereocenters. The van der Waals surface area contributed by atoms with Crippen LogP contribution in [0.5, 0.6) is 0 Å². The SMILES string of the molecule is CC(F)[C@]1(COCc2ccccc2)O[C@@H]2OC(C)(C)O[C@@H]2[C@@H]1OCc1ccccc1. The van der Waals surface area contributed by atoms with Gasteiger partial charge in [0, 0.05) is 0 Å². The molecule has 6 heteroatoms. The Morgan fingerprint density at radius 3 is 2.10 bits per heavy atom. The van der Waals surface area contributed by atoms with E-state index >= 15 is 4.39 Å². The first kappa shape index (κ1) is 21.4. The molecule has 4 rings (SSSR count). The van der Waals surface area contributed by atoms with Crippen molar-refractivity contribution in [3.63, 3.8) is 0 Å².